The van der Waals surface area contributed by atoms with Gasteiger partial charge in [-0.1, -0.05) is 66.2 Å². The highest BCUT2D eigenvalue weighted by Gasteiger charge is 2.24. The Labute approximate surface area is 198 Å². The third kappa shape index (κ3) is 4.54. The summed E-state index contributed by atoms with van der Waals surface area (Å²) in [4.78, 5) is 17.0. The van der Waals surface area contributed by atoms with Crippen molar-refractivity contribution in [2.24, 2.45) is 0 Å². The number of carbonyl (C=O) groups excluding carboxylic acids is 1. The number of nitrogens with one attached hydrogen (secondary N) is 2. The van der Waals surface area contributed by atoms with Gasteiger partial charge in [-0.3, -0.25) is 4.79 Å². The second-order valence-corrected chi connectivity index (χ2v) is 8.49. The molecule has 0 amide bonds. The van der Waals surface area contributed by atoms with E-state index in [-0.39, 0.29) is 5.78 Å². The molecule has 0 bridgehead atoms. The van der Waals surface area contributed by atoms with Crippen molar-refractivity contribution >= 4 is 16.7 Å². The van der Waals surface area contributed by atoms with Crippen LogP contribution in [0.15, 0.2) is 83.4 Å². The topological polar surface area (TPSA) is 83.8 Å². The monoisotopic (exact) mass is 450 g/mol. The van der Waals surface area contributed by atoms with Gasteiger partial charge in [0.05, 0.1) is 6.04 Å². The third-order valence-corrected chi connectivity index (χ3v) is 6.00. The summed E-state index contributed by atoms with van der Waals surface area (Å²) in [5.74, 6) is 1.00. The second kappa shape index (κ2) is 9.45. The van der Waals surface area contributed by atoms with Crippen LogP contribution in [0.4, 0.5) is 0 Å². The van der Waals surface area contributed by atoms with Crippen molar-refractivity contribution in [3.63, 3.8) is 0 Å². The van der Waals surface area contributed by atoms with Crippen molar-refractivity contribution in [2.75, 3.05) is 6.54 Å². The minimum atomic E-state index is -0.441. The Morgan fingerprint density at radius 3 is 2.53 bits per heavy atom. The molecule has 2 heterocycles. The third-order valence-electron chi connectivity index (χ3n) is 6.00. The first-order chi connectivity index (χ1) is 16.6. The van der Waals surface area contributed by atoms with Gasteiger partial charge in [-0.2, -0.15) is 0 Å². The molecule has 3 aromatic carbocycles. The van der Waals surface area contributed by atoms with Gasteiger partial charge in [-0.05, 0) is 36.6 Å². The molecule has 0 aliphatic rings. The predicted molar refractivity (Wildman–Crippen MR) is 133 cm³/mol. The summed E-state index contributed by atoms with van der Waals surface area (Å²) in [5.41, 5.74) is 5.75. The summed E-state index contributed by atoms with van der Waals surface area (Å²) in [6, 6.07) is 23.7. The minimum absolute atomic E-state index is 0.0303. The lowest BCUT2D eigenvalue weighted by molar-refractivity contribution is 0.0945. The van der Waals surface area contributed by atoms with Gasteiger partial charge in [0.1, 0.15) is 0 Å². The lowest BCUT2D eigenvalue weighted by Crippen LogP contribution is -2.30. The maximum atomic E-state index is 13.7. The summed E-state index contributed by atoms with van der Waals surface area (Å²) in [6.45, 7) is 4.53. The van der Waals surface area contributed by atoms with Gasteiger partial charge in [-0.25, -0.2) is 0 Å². The summed E-state index contributed by atoms with van der Waals surface area (Å²) in [7, 11) is 0. The fraction of sp³-hybridized carbons (Fsp3) is 0.179. The van der Waals surface area contributed by atoms with Crippen molar-refractivity contribution < 1.29 is 9.21 Å². The van der Waals surface area contributed by atoms with E-state index in [1.54, 1.807) is 13.1 Å². The Bertz CT molecular complexity index is 1420. The summed E-state index contributed by atoms with van der Waals surface area (Å²) < 4.78 is 5.54. The van der Waals surface area contributed by atoms with Gasteiger partial charge < -0.3 is 14.7 Å². The molecule has 0 spiro atoms. The number of H-pyrrole nitrogens is 1. The molecule has 0 unspecified atom stereocenters. The van der Waals surface area contributed by atoms with Gasteiger partial charge in [0.15, 0.2) is 5.78 Å². The lowest BCUT2D eigenvalue weighted by Gasteiger charge is -2.18. The van der Waals surface area contributed by atoms with Crippen LogP contribution in [0.3, 0.4) is 0 Å². The van der Waals surface area contributed by atoms with E-state index >= 15 is 0 Å². The highest BCUT2D eigenvalue weighted by atomic mass is 16.4. The number of aromatic nitrogens is 3. The highest BCUT2D eigenvalue weighted by Crippen LogP contribution is 2.28. The van der Waals surface area contributed by atoms with Gasteiger partial charge >= 0.3 is 0 Å². The summed E-state index contributed by atoms with van der Waals surface area (Å²) >= 11 is 0. The molecule has 170 valence electrons. The number of ketones is 1. The highest BCUT2D eigenvalue weighted by molar-refractivity contribution is 6.11. The quantitative estimate of drug-likeness (QED) is 0.301. The number of nitrogens with zero attached hydrogens (tertiary/aromatic N) is 2. The molecule has 0 saturated heterocycles. The van der Waals surface area contributed by atoms with Crippen molar-refractivity contribution in [1.29, 1.82) is 0 Å². The van der Waals surface area contributed by atoms with E-state index in [9.17, 15) is 4.79 Å². The zero-order chi connectivity index (χ0) is 23.5. The average Bonchev–Trinajstić information content (AvgIpc) is 3.49. The molecule has 0 aliphatic carbocycles. The first kappa shape index (κ1) is 21.8. The number of Topliss-reactive ketones (excluding diaryl/α,β-unsaturated/α-hetero) is 1. The van der Waals surface area contributed by atoms with Crippen LogP contribution in [0.5, 0.6) is 0 Å². The molecule has 1 atom stereocenters. The molecule has 2 N–H and O–H groups in total. The van der Waals surface area contributed by atoms with Crippen LogP contribution in [-0.2, 0) is 6.42 Å². The van der Waals surface area contributed by atoms with E-state index in [2.05, 4.69) is 51.7 Å². The molecular formula is C28H26N4O2. The summed E-state index contributed by atoms with van der Waals surface area (Å²) in [6.07, 6.45) is 2.63. The Hall–Kier alpha value is -4.03. The number of aryl methyl sites for hydroxylation is 2. The molecular weight excluding hydrogens is 424 g/mol. The SMILES string of the molecule is Cc1ccc(CCN[C@@H](C(=O)c2c[nH]c3cc(-c4nnc(C)o4)ccc23)c2ccccc2)cc1. The number of carbonyl (C=O) groups is 1. The van der Waals surface area contributed by atoms with E-state index < -0.39 is 6.04 Å². The predicted octanol–water partition coefficient (Wildman–Crippen LogP) is 5.59. The van der Waals surface area contributed by atoms with Crippen LogP contribution < -0.4 is 5.32 Å². The normalized spacial score (nSPS) is 12.2. The van der Waals surface area contributed by atoms with Crippen molar-refractivity contribution in [3.05, 3.63) is 107 Å². The minimum Gasteiger partial charge on any atom is -0.421 e. The second-order valence-electron chi connectivity index (χ2n) is 8.49. The number of rotatable bonds is 8. The van der Waals surface area contributed by atoms with E-state index in [0.29, 0.717) is 23.9 Å². The molecule has 0 fully saturated rings. The Morgan fingerprint density at radius 2 is 1.79 bits per heavy atom. The average molecular weight is 451 g/mol. The number of fused-ring (bicyclic) bond motifs is 1. The zero-order valence-electron chi connectivity index (χ0n) is 19.2. The Kier molecular flexibility index (Phi) is 6.06. The van der Waals surface area contributed by atoms with Crippen LogP contribution in [0.25, 0.3) is 22.4 Å². The van der Waals surface area contributed by atoms with E-state index in [0.717, 1.165) is 28.5 Å². The van der Waals surface area contributed by atoms with Crippen molar-refractivity contribution in [3.8, 4) is 11.5 Å². The maximum absolute atomic E-state index is 13.7. The van der Waals surface area contributed by atoms with Gasteiger partial charge in [0.2, 0.25) is 11.8 Å². The molecule has 6 heteroatoms. The van der Waals surface area contributed by atoms with Crippen LogP contribution in [0, 0.1) is 13.8 Å². The molecule has 5 rings (SSSR count). The van der Waals surface area contributed by atoms with Crippen molar-refractivity contribution in [2.45, 2.75) is 26.3 Å². The van der Waals surface area contributed by atoms with Crippen LogP contribution in [0.2, 0.25) is 0 Å². The largest absolute Gasteiger partial charge is 0.421 e. The van der Waals surface area contributed by atoms with E-state index in [1.807, 2.05) is 48.5 Å². The Balaban J connectivity index is 1.40. The molecule has 34 heavy (non-hydrogen) atoms. The number of benzene rings is 3. The van der Waals surface area contributed by atoms with Gasteiger partial charge in [-0.15, -0.1) is 10.2 Å². The standard InChI is InChI=1S/C28H26N4O2/c1-18-8-10-20(11-9-18)14-15-29-26(21-6-4-3-5-7-21)27(33)24-17-30-25-16-22(12-13-23(24)25)28-32-31-19(2)34-28/h3-13,16-17,26,29-30H,14-15H2,1-2H3/t26-/m1/s1. The number of hydrogen-bond donors (Lipinski definition) is 2. The zero-order valence-corrected chi connectivity index (χ0v) is 19.2. The van der Waals surface area contributed by atoms with Gasteiger partial charge in [0, 0.05) is 41.7 Å². The van der Waals surface area contributed by atoms with Gasteiger partial charge in [0.25, 0.3) is 0 Å². The van der Waals surface area contributed by atoms with E-state index in [4.69, 9.17) is 4.42 Å². The summed E-state index contributed by atoms with van der Waals surface area (Å²) in [5, 5.41) is 12.3. The van der Waals surface area contributed by atoms with E-state index in [1.165, 1.54) is 11.1 Å². The number of aromatic amines is 1. The van der Waals surface area contributed by atoms with Crippen LogP contribution in [-0.4, -0.2) is 27.5 Å². The molecule has 2 aromatic heterocycles. The molecule has 6 nitrogen and oxygen atoms in total. The van der Waals surface area contributed by atoms with Crippen LogP contribution in [0.1, 0.15) is 39.0 Å². The number of hydrogen-bond acceptors (Lipinski definition) is 5. The first-order valence-electron chi connectivity index (χ1n) is 11.4. The fourth-order valence-electron chi connectivity index (χ4n) is 4.15. The fourth-order valence-corrected chi connectivity index (χ4v) is 4.15. The maximum Gasteiger partial charge on any atom is 0.247 e. The molecule has 0 aliphatic heterocycles. The first-order valence-corrected chi connectivity index (χ1v) is 11.4. The molecule has 0 saturated carbocycles. The molecule has 0 radical (unpaired) electrons. The Morgan fingerprint density at radius 1 is 1.00 bits per heavy atom. The smallest absolute Gasteiger partial charge is 0.247 e. The molecule has 5 aromatic rings. The van der Waals surface area contributed by atoms with Crippen molar-refractivity contribution in [1.82, 2.24) is 20.5 Å². The van der Waals surface area contributed by atoms with Crippen LogP contribution >= 0.6 is 0 Å². The lowest BCUT2D eigenvalue weighted by atomic mass is 9.96.